The van der Waals surface area contributed by atoms with Crippen LogP contribution in [0.15, 0.2) is 48.5 Å². The number of carbonyl (C=O) groups excluding carboxylic acids is 2. The van der Waals surface area contributed by atoms with Crippen LogP contribution in [-0.4, -0.2) is 47.5 Å². The predicted octanol–water partition coefficient (Wildman–Crippen LogP) is 0.914. The summed E-state index contributed by atoms with van der Waals surface area (Å²) in [6.07, 6.45) is 0.180. The first kappa shape index (κ1) is 19.4. The highest BCUT2D eigenvalue weighted by Crippen LogP contribution is 2.29. The summed E-state index contributed by atoms with van der Waals surface area (Å²) in [6, 6.07) is 13.4. The van der Waals surface area contributed by atoms with Crippen molar-refractivity contribution >= 4 is 23.5 Å². The number of rotatable bonds is 6. The second-order valence-electron chi connectivity index (χ2n) is 6.85. The number of carbonyl (C=O) groups is 3. The monoisotopic (exact) mass is 381 g/mol. The van der Waals surface area contributed by atoms with Crippen LogP contribution in [0.3, 0.4) is 0 Å². The fourth-order valence-corrected chi connectivity index (χ4v) is 3.50. The molecule has 2 aromatic carbocycles. The van der Waals surface area contributed by atoms with Gasteiger partial charge < -0.3 is 24.8 Å². The lowest BCUT2D eigenvalue weighted by molar-refractivity contribution is -0.306. The molecule has 146 valence electrons. The van der Waals surface area contributed by atoms with E-state index in [4.69, 9.17) is 0 Å². The molecular weight excluding hydrogens is 360 g/mol. The summed E-state index contributed by atoms with van der Waals surface area (Å²) in [7, 11) is 1.64. The van der Waals surface area contributed by atoms with Crippen LogP contribution in [-0.2, 0) is 22.6 Å². The number of likely N-dealkylation sites (N-methyl/N-ethyl adjacent to an activating group) is 1. The molecule has 1 N–H and O–H groups in total. The molecule has 1 aliphatic heterocycles. The summed E-state index contributed by atoms with van der Waals surface area (Å²) in [5.74, 6) is -2.67. The summed E-state index contributed by atoms with van der Waals surface area (Å²) in [5.41, 5.74) is 2.50. The van der Waals surface area contributed by atoms with Crippen LogP contribution >= 0.6 is 0 Å². The van der Waals surface area contributed by atoms with Gasteiger partial charge in [-0.3, -0.25) is 4.79 Å². The Hall–Kier alpha value is -3.35. The number of carboxylic acids is 2. The first-order chi connectivity index (χ1) is 13.4. The molecule has 28 heavy (non-hydrogen) atoms. The number of anilines is 1. The molecule has 1 aliphatic rings. The van der Waals surface area contributed by atoms with E-state index in [0.717, 1.165) is 5.56 Å². The van der Waals surface area contributed by atoms with Crippen LogP contribution in [0.2, 0.25) is 0 Å². The van der Waals surface area contributed by atoms with Crippen LogP contribution in [0.4, 0.5) is 5.69 Å². The Morgan fingerprint density at radius 2 is 1.89 bits per heavy atom. The highest BCUT2D eigenvalue weighted by Gasteiger charge is 2.33. The normalized spacial score (nSPS) is 16.5. The van der Waals surface area contributed by atoms with E-state index in [1.165, 1.54) is 6.07 Å². The Kier molecular flexibility index (Phi) is 5.63. The first-order valence-corrected chi connectivity index (χ1v) is 8.98. The van der Waals surface area contributed by atoms with E-state index in [1.807, 2.05) is 30.3 Å². The van der Waals surface area contributed by atoms with E-state index < -0.39 is 24.4 Å². The van der Waals surface area contributed by atoms with E-state index in [-0.39, 0.29) is 18.0 Å². The van der Waals surface area contributed by atoms with Crippen molar-refractivity contribution in [2.24, 2.45) is 0 Å². The number of aliphatic carboxylic acids is 1. The van der Waals surface area contributed by atoms with Crippen LogP contribution < -0.4 is 10.0 Å². The average molecular weight is 381 g/mol. The number of benzene rings is 2. The Balaban J connectivity index is 1.94. The molecule has 7 nitrogen and oxygen atoms in total. The molecule has 3 rings (SSSR count). The van der Waals surface area contributed by atoms with Crippen LogP contribution in [0.1, 0.15) is 27.9 Å². The minimum atomic E-state index is -1.31. The molecule has 1 unspecified atom stereocenters. The lowest BCUT2D eigenvalue weighted by atomic mass is 10.1. The Labute approximate surface area is 162 Å². The van der Waals surface area contributed by atoms with Gasteiger partial charge in [-0.25, -0.2) is 4.79 Å². The Morgan fingerprint density at radius 3 is 2.54 bits per heavy atom. The molecule has 1 heterocycles. The van der Waals surface area contributed by atoms with Gasteiger partial charge >= 0.3 is 5.97 Å². The highest BCUT2D eigenvalue weighted by molar-refractivity contribution is 5.92. The molecule has 0 bridgehead atoms. The molecule has 0 aliphatic carbocycles. The van der Waals surface area contributed by atoms with Gasteiger partial charge in [0.25, 0.3) is 0 Å². The van der Waals surface area contributed by atoms with Gasteiger partial charge in [0.2, 0.25) is 5.91 Å². The first-order valence-electron chi connectivity index (χ1n) is 8.98. The van der Waals surface area contributed by atoms with Crippen molar-refractivity contribution in [3.05, 3.63) is 65.2 Å². The van der Waals surface area contributed by atoms with E-state index >= 15 is 0 Å². The zero-order valence-corrected chi connectivity index (χ0v) is 15.5. The van der Waals surface area contributed by atoms with Crippen LogP contribution in [0.5, 0.6) is 0 Å². The maximum Gasteiger partial charge on any atom is 0.335 e. The van der Waals surface area contributed by atoms with Crippen molar-refractivity contribution in [3.8, 4) is 0 Å². The molecule has 0 saturated carbocycles. The van der Waals surface area contributed by atoms with Crippen LogP contribution in [0, 0.1) is 0 Å². The number of hydrogen-bond acceptors (Lipinski definition) is 5. The van der Waals surface area contributed by atoms with Gasteiger partial charge in [0.05, 0.1) is 5.56 Å². The lowest BCUT2D eigenvalue weighted by Crippen LogP contribution is -2.48. The SMILES string of the molecule is CN1c2ccc(C(=O)O)cc2CN(CCc2ccccc2)C(=O)C1CC(=O)[O-]. The van der Waals surface area contributed by atoms with E-state index in [1.54, 1.807) is 29.0 Å². The standard InChI is InChI=1S/C21H22N2O5/c1-22-17-8-7-15(21(27)28)11-16(17)13-23(20(26)18(22)12-19(24)25)10-9-14-5-3-2-4-6-14/h2-8,11,18H,9-10,12-13H2,1H3,(H,24,25)(H,27,28)/p-1. The van der Waals surface area contributed by atoms with Gasteiger partial charge in [-0.05, 0) is 35.7 Å². The van der Waals surface area contributed by atoms with Gasteiger partial charge in [0.1, 0.15) is 6.04 Å². The summed E-state index contributed by atoms with van der Waals surface area (Å²) in [4.78, 5) is 38.8. The van der Waals surface area contributed by atoms with Crippen LogP contribution in [0.25, 0.3) is 0 Å². The van der Waals surface area contributed by atoms with Crippen molar-refractivity contribution in [1.29, 1.82) is 0 Å². The summed E-state index contributed by atoms with van der Waals surface area (Å²) in [5, 5.41) is 20.5. The van der Waals surface area contributed by atoms with Crippen molar-refractivity contribution in [2.45, 2.75) is 25.4 Å². The quantitative estimate of drug-likeness (QED) is 0.798. The molecule has 2 aromatic rings. The molecule has 7 heteroatoms. The number of amides is 1. The van der Waals surface area contributed by atoms with E-state index in [0.29, 0.717) is 24.2 Å². The van der Waals surface area contributed by atoms with Gasteiger partial charge in [-0.15, -0.1) is 0 Å². The molecule has 0 spiro atoms. The third kappa shape index (κ3) is 4.14. The van der Waals surface area contributed by atoms with Crippen molar-refractivity contribution in [2.75, 3.05) is 18.5 Å². The summed E-state index contributed by atoms with van der Waals surface area (Å²) < 4.78 is 0. The molecule has 1 amide bonds. The number of fused-ring (bicyclic) bond motifs is 1. The maximum absolute atomic E-state index is 13.1. The third-order valence-corrected chi connectivity index (χ3v) is 5.01. The zero-order valence-electron chi connectivity index (χ0n) is 15.5. The fourth-order valence-electron chi connectivity index (χ4n) is 3.50. The fraction of sp³-hybridized carbons (Fsp3) is 0.286. The maximum atomic E-state index is 13.1. The Bertz CT molecular complexity index is 897. The summed E-state index contributed by atoms with van der Waals surface area (Å²) in [6.45, 7) is 0.618. The third-order valence-electron chi connectivity index (χ3n) is 5.01. The second-order valence-corrected chi connectivity index (χ2v) is 6.85. The molecule has 0 saturated heterocycles. The van der Waals surface area contributed by atoms with Crippen molar-refractivity contribution in [3.63, 3.8) is 0 Å². The van der Waals surface area contributed by atoms with Crippen molar-refractivity contribution in [1.82, 2.24) is 4.90 Å². The van der Waals surface area contributed by atoms with Crippen molar-refractivity contribution < 1.29 is 24.6 Å². The van der Waals surface area contributed by atoms with Gasteiger partial charge in [0, 0.05) is 38.2 Å². The van der Waals surface area contributed by atoms with Gasteiger partial charge in [-0.1, -0.05) is 30.3 Å². The predicted molar refractivity (Wildman–Crippen MR) is 101 cm³/mol. The number of hydrogen-bond donors (Lipinski definition) is 1. The minimum Gasteiger partial charge on any atom is -0.550 e. The molecule has 1 atom stereocenters. The van der Waals surface area contributed by atoms with Gasteiger partial charge in [-0.2, -0.15) is 0 Å². The Morgan fingerprint density at radius 1 is 1.18 bits per heavy atom. The molecular formula is C21H21N2O5-. The smallest absolute Gasteiger partial charge is 0.335 e. The van der Waals surface area contributed by atoms with E-state index in [2.05, 4.69) is 0 Å². The minimum absolute atomic E-state index is 0.126. The lowest BCUT2D eigenvalue weighted by Gasteiger charge is -2.30. The van der Waals surface area contributed by atoms with E-state index in [9.17, 15) is 24.6 Å². The number of nitrogens with zero attached hydrogens (tertiary/aromatic N) is 2. The topological polar surface area (TPSA) is 101 Å². The number of carboxylic acid groups (broad SMARTS) is 2. The highest BCUT2D eigenvalue weighted by atomic mass is 16.4. The zero-order chi connectivity index (χ0) is 20.3. The average Bonchev–Trinajstić information content (AvgIpc) is 2.77. The largest absolute Gasteiger partial charge is 0.550 e. The summed E-state index contributed by atoms with van der Waals surface area (Å²) >= 11 is 0. The van der Waals surface area contributed by atoms with Gasteiger partial charge in [0.15, 0.2) is 0 Å². The molecule has 0 radical (unpaired) electrons. The molecule has 0 fully saturated rings. The molecule has 0 aromatic heterocycles. The number of aromatic carboxylic acids is 1. The second kappa shape index (κ2) is 8.12.